The third-order valence-electron chi connectivity index (χ3n) is 3.54. The third kappa shape index (κ3) is 5.67. The SMILES string of the molecule is CCNC(c1ccccc1)C(C(C)C)N(C)CC(F)(F)F. The first-order valence-electron chi connectivity index (χ1n) is 7.31. The van der Waals surface area contributed by atoms with Crippen LogP contribution in [0.1, 0.15) is 32.4 Å². The van der Waals surface area contributed by atoms with Gasteiger partial charge in [-0.05, 0) is 25.1 Å². The Labute approximate surface area is 125 Å². The van der Waals surface area contributed by atoms with E-state index < -0.39 is 12.7 Å². The molecule has 0 radical (unpaired) electrons. The summed E-state index contributed by atoms with van der Waals surface area (Å²) in [5.74, 6) is 0.0987. The van der Waals surface area contributed by atoms with Gasteiger partial charge < -0.3 is 5.32 Å². The summed E-state index contributed by atoms with van der Waals surface area (Å²) in [6, 6.07) is 9.32. The second-order valence-electron chi connectivity index (χ2n) is 5.71. The maximum atomic E-state index is 12.7. The third-order valence-corrected chi connectivity index (χ3v) is 3.54. The Hall–Kier alpha value is -1.07. The quantitative estimate of drug-likeness (QED) is 0.823. The fraction of sp³-hybridized carbons (Fsp3) is 0.625. The zero-order valence-electron chi connectivity index (χ0n) is 13.1. The minimum atomic E-state index is -4.19. The molecule has 1 aromatic rings. The predicted octanol–water partition coefficient (Wildman–Crippen LogP) is 3.86. The molecule has 0 aliphatic rings. The highest BCUT2D eigenvalue weighted by Crippen LogP contribution is 2.28. The van der Waals surface area contributed by atoms with Crippen molar-refractivity contribution in [2.45, 2.75) is 39.0 Å². The van der Waals surface area contributed by atoms with Gasteiger partial charge in [-0.1, -0.05) is 51.1 Å². The van der Waals surface area contributed by atoms with Gasteiger partial charge in [-0.25, -0.2) is 0 Å². The van der Waals surface area contributed by atoms with Crippen LogP contribution >= 0.6 is 0 Å². The van der Waals surface area contributed by atoms with Crippen LogP contribution in [-0.2, 0) is 0 Å². The maximum absolute atomic E-state index is 12.7. The van der Waals surface area contributed by atoms with Gasteiger partial charge in [-0.3, -0.25) is 4.90 Å². The first-order valence-corrected chi connectivity index (χ1v) is 7.31. The molecule has 2 atom stereocenters. The average Bonchev–Trinajstić information content (AvgIpc) is 2.36. The molecule has 2 nitrogen and oxygen atoms in total. The molecule has 21 heavy (non-hydrogen) atoms. The minimum absolute atomic E-state index is 0.0987. The number of rotatable bonds is 7. The number of hydrogen-bond acceptors (Lipinski definition) is 2. The van der Waals surface area contributed by atoms with Crippen LogP contribution in [0.15, 0.2) is 30.3 Å². The van der Waals surface area contributed by atoms with Gasteiger partial charge >= 0.3 is 6.18 Å². The molecule has 1 aromatic carbocycles. The van der Waals surface area contributed by atoms with Crippen molar-refractivity contribution in [2.24, 2.45) is 5.92 Å². The molecule has 0 heterocycles. The molecule has 0 aromatic heterocycles. The average molecular weight is 302 g/mol. The largest absolute Gasteiger partial charge is 0.401 e. The van der Waals surface area contributed by atoms with Crippen LogP contribution in [0.2, 0.25) is 0 Å². The molecule has 0 bridgehead atoms. The van der Waals surface area contributed by atoms with Gasteiger partial charge in [0, 0.05) is 12.1 Å². The van der Waals surface area contributed by atoms with Crippen molar-refractivity contribution < 1.29 is 13.2 Å². The van der Waals surface area contributed by atoms with E-state index in [4.69, 9.17) is 0 Å². The molecule has 0 aliphatic heterocycles. The number of likely N-dealkylation sites (N-methyl/N-ethyl adjacent to an activating group) is 2. The lowest BCUT2D eigenvalue weighted by Gasteiger charge is -2.38. The predicted molar refractivity (Wildman–Crippen MR) is 80.2 cm³/mol. The molecule has 2 unspecified atom stereocenters. The molecule has 0 spiro atoms. The summed E-state index contributed by atoms with van der Waals surface area (Å²) in [5.41, 5.74) is 1.02. The second-order valence-corrected chi connectivity index (χ2v) is 5.71. The van der Waals surface area contributed by atoms with Gasteiger partial charge in [-0.15, -0.1) is 0 Å². The van der Waals surface area contributed by atoms with Crippen LogP contribution in [0.25, 0.3) is 0 Å². The van der Waals surface area contributed by atoms with Crippen LogP contribution in [0.5, 0.6) is 0 Å². The molecule has 0 amide bonds. The minimum Gasteiger partial charge on any atom is -0.309 e. The van der Waals surface area contributed by atoms with Crippen molar-refractivity contribution in [3.63, 3.8) is 0 Å². The van der Waals surface area contributed by atoms with E-state index in [-0.39, 0.29) is 18.0 Å². The highest BCUT2D eigenvalue weighted by atomic mass is 19.4. The lowest BCUT2D eigenvalue weighted by molar-refractivity contribution is -0.150. The van der Waals surface area contributed by atoms with E-state index in [2.05, 4.69) is 5.32 Å². The lowest BCUT2D eigenvalue weighted by Crippen LogP contribution is -2.49. The van der Waals surface area contributed by atoms with Crippen LogP contribution in [0.3, 0.4) is 0 Å². The molecule has 0 saturated heterocycles. The summed E-state index contributed by atoms with van der Waals surface area (Å²) in [6.07, 6.45) is -4.19. The molecule has 0 aliphatic carbocycles. The summed E-state index contributed by atoms with van der Waals surface area (Å²) in [7, 11) is 1.55. The topological polar surface area (TPSA) is 15.3 Å². The highest BCUT2D eigenvalue weighted by Gasteiger charge is 2.36. The second kappa shape index (κ2) is 7.80. The van der Waals surface area contributed by atoms with Crippen molar-refractivity contribution in [1.29, 1.82) is 0 Å². The summed E-state index contributed by atoms with van der Waals surface area (Å²) >= 11 is 0. The first kappa shape index (κ1) is 18.0. The van der Waals surface area contributed by atoms with Crippen molar-refractivity contribution in [2.75, 3.05) is 20.1 Å². The van der Waals surface area contributed by atoms with Crippen LogP contribution in [-0.4, -0.2) is 37.3 Å². The smallest absolute Gasteiger partial charge is 0.309 e. The van der Waals surface area contributed by atoms with E-state index in [1.165, 1.54) is 4.90 Å². The van der Waals surface area contributed by atoms with Crippen LogP contribution < -0.4 is 5.32 Å². The van der Waals surface area contributed by atoms with Gasteiger partial charge in [-0.2, -0.15) is 13.2 Å². The molecule has 120 valence electrons. The number of hydrogen-bond donors (Lipinski definition) is 1. The zero-order valence-corrected chi connectivity index (χ0v) is 13.1. The molecule has 0 fully saturated rings. The lowest BCUT2D eigenvalue weighted by atomic mass is 9.89. The number of alkyl halides is 3. The van der Waals surface area contributed by atoms with E-state index in [0.717, 1.165) is 5.56 Å². The van der Waals surface area contributed by atoms with E-state index in [0.29, 0.717) is 6.54 Å². The van der Waals surface area contributed by atoms with Gasteiger partial charge in [0.2, 0.25) is 0 Å². The molecule has 0 saturated carbocycles. The van der Waals surface area contributed by atoms with Crippen molar-refractivity contribution >= 4 is 0 Å². The van der Waals surface area contributed by atoms with Gasteiger partial charge in [0.15, 0.2) is 0 Å². The Morgan fingerprint density at radius 2 is 1.71 bits per heavy atom. The Morgan fingerprint density at radius 3 is 2.14 bits per heavy atom. The summed E-state index contributed by atoms with van der Waals surface area (Å²) in [4.78, 5) is 1.41. The molecular formula is C16H25F3N2. The van der Waals surface area contributed by atoms with Crippen molar-refractivity contribution in [3.8, 4) is 0 Å². The highest BCUT2D eigenvalue weighted by molar-refractivity contribution is 5.21. The van der Waals surface area contributed by atoms with Gasteiger partial charge in [0.05, 0.1) is 6.54 Å². The fourth-order valence-corrected chi connectivity index (χ4v) is 2.85. The summed E-state index contributed by atoms with van der Waals surface area (Å²) in [5, 5.41) is 3.34. The van der Waals surface area contributed by atoms with E-state index in [1.54, 1.807) is 7.05 Å². The summed E-state index contributed by atoms with van der Waals surface area (Å²) in [6.45, 7) is 5.71. The Morgan fingerprint density at radius 1 is 1.14 bits per heavy atom. The molecular weight excluding hydrogens is 277 g/mol. The Balaban J connectivity index is 3.04. The maximum Gasteiger partial charge on any atom is 0.401 e. The molecule has 1 N–H and O–H groups in total. The van der Waals surface area contributed by atoms with Crippen molar-refractivity contribution in [3.05, 3.63) is 35.9 Å². The number of nitrogens with zero attached hydrogens (tertiary/aromatic N) is 1. The summed E-state index contributed by atoms with van der Waals surface area (Å²) < 4.78 is 38.2. The Bertz CT molecular complexity index is 404. The van der Waals surface area contributed by atoms with Gasteiger partial charge in [0.1, 0.15) is 0 Å². The van der Waals surface area contributed by atoms with E-state index in [1.807, 2.05) is 51.1 Å². The zero-order chi connectivity index (χ0) is 16.0. The normalized spacial score (nSPS) is 15.5. The standard InChI is InChI=1S/C16H25F3N2/c1-5-20-14(13-9-7-6-8-10-13)15(12(2)3)21(4)11-16(17,18)19/h6-10,12,14-15,20H,5,11H2,1-4H3. The molecule has 1 rings (SSSR count). The van der Waals surface area contributed by atoms with Crippen LogP contribution in [0, 0.1) is 5.92 Å². The number of nitrogens with one attached hydrogen (secondary N) is 1. The molecule has 5 heteroatoms. The number of benzene rings is 1. The van der Waals surface area contributed by atoms with Crippen molar-refractivity contribution in [1.82, 2.24) is 10.2 Å². The monoisotopic (exact) mass is 302 g/mol. The first-order chi connectivity index (χ1) is 9.76. The number of halogens is 3. The fourth-order valence-electron chi connectivity index (χ4n) is 2.85. The van der Waals surface area contributed by atoms with E-state index in [9.17, 15) is 13.2 Å². The van der Waals surface area contributed by atoms with E-state index >= 15 is 0 Å². The van der Waals surface area contributed by atoms with Gasteiger partial charge in [0.25, 0.3) is 0 Å². The Kier molecular flexibility index (Phi) is 6.68. The van der Waals surface area contributed by atoms with Crippen LogP contribution in [0.4, 0.5) is 13.2 Å².